The molecular formula is C46H28N4S. The highest BCUT2D eigenvalue weighted by Crippen LogP contribution is 2.44. The number of pyridine rings is 2. The zero-order valence-electron chi connectivity index (χ0n) is 27.4. The van der Waals surface area contributed by atoms with E-state index in [0.29, 0.717) is 0 Å². The molecule has 5 aromatic heterocycles. The van der Waals surface area contributed by atoms with E-state index in [1.165, 1.54) is 54.7 Å². The zero-order valence-corrected chi connectivity index (χ0v) is 28.2. The number of hydrogen-bond donors (Lipinski definition) is 0. The first-order valence-corrected chi connectivity index (χ1v) is 18.0. The molecular weight excluding hydrogens is 641 g/mol. The van der Waals surface area contributed by atoms with E-state index in [0.717, 1.165) is 43.1 Å². The van der Waals surface area contributed by atoms with Crippen molar-refractivity contribution in [2.24, 2.45) is 0 Å². The zero-order chi connectivity index (χ0) is 33.5. The van der Waals surface area contributed by atoms with Gasteiger partial charge < -0.3 is 9.13 Å². The minimum Gasteiger partial charge on any atom is -0.309 e. The molecule has 0 unspecified atom stereocenters. The van der Waals surface area contributed by atoms with Crippen LogP contribution in [0.25, 0.3) is 97.8 Å². The quantitative estimate of drug-likeness (QED) is 0.187. The summed E-state index contributed by atoms with van der Waals surface area (Å²) in [4.78, 5) is 10.3. The molecule has 0 N–H and O–H groups in total. The highest BCUT2D eigenvalue weighted by molar-refractivity contribution is 7.26. The van der Waals surface area contributed by atoms with Crippen LogP contribution in [0.5, 0.6) is 0 Å². The first kappa shape index (κ1) is 28.3. The van der Waals surface area contributed by atoms with E-state index in [-0.39, 0.29) is 0 Å². The first-order chi connectivity index (χ1) is 25.3. The maximum Gasteiger partial charge on any atom is 0.108 e. The number of aromatic nitrogens is 4. The van der Waals surface area contributed by atoms with Crippen LogP contribution in [-0.4, -0.2) is 19.1 Å². The smallest absolute Gasteiger partial charge is 0.108 e. The normalized spacial score (nSPS) is 11.9. The highest BCUT2D eigenvalue weighted by Gasteiger charge is 2.20. The Bertz CT molecular complexity index is 3130. The van der Waals surface area contributed by atoms with Crippen LogP contribution in [0, 0.1) is 0 Å². The summed E-state index contributed by atoms with van der Waals surface area (Å²) in [6.45, 7) is 0. The fourth-order valence-corrected chi connectivity index (χ4v) is 9.10. The van der Waals surface area contributed by atoms with Crippen LogP contribution < -0.4 is 0 Å². The predicted octanol–water partition coefficient (Wildman–Crippen LogP) is 12.4. The summed E-state index contributed by atoms with van der Waals surface area (Å²) in [6, 6.07) is 58.5. The molecule has 0 spiro atoms. The molecule has 11 aromatic rings. The molecule has 0 aliphatic rings. The Morgan fingerprint density at radius 2 is 1.10 bits per heavy atom. The van der Waals surface area contributed by atoms with Gasteiger partial charge in [-0.1, -0.05) is 103 Å². The number of para-hydroxylation sites is 5. The second-order valence-corrected chi connectivity index (χ2v) is 14.0. The maximum absolute atomic E-state index is 5.33. The Balaban J connectivity index is 1.12. The van der Waals surface area contributed by atoms with Gasteiger partial charge in [-0.15, -0.1) is 11.3 Å². The average molecular weight is 669 g/mol. The molecule has 0 aliphatic heterocycles. The molecule has 6 aromatic carbocycles. The Hall–Kier alpha value is -6.56. The number of hydrogen-bond acceptors (Lipinski definition) is 3. The molecule has 5 heteroatoms. The predicted molar refractivity (Wildman–Crippen MR) is 214 cm³/mol. The van der Waals surface area contributed by atoms with Gasteiger partial charge in [0.05, 0.1) is 37.2 Å². The third kappa shape index (κ3) is 4.19. The van der Waals surface area contributed by atoms with Crippen LogP contribution in [0.4, 0.5) is 0 Å². The van der Waals surface area contributed by atoms with Gasteiger partial charge in [0.25, 0.3) is 0 Å². The summed E-state index contributed by atoms with van der Waals surface area (Å²) in [5.41, 5.74) is 13.3. The third-order valence-electron chi connectivity index (χ3n) is 10.2. The minimum atomic E-state index is 0.937. The van der Waals surface area contributed by atoms with Crippen molar-refractivity contribution in [3.8, 4) is 33.8 Å². The molecule has 0 saturated carbocycles. The Morgan fingerprint density at radius 1 is 0.451 bits per heavy atom. The summed E-state index contributed by atoms with van der Waals surface area (Å²) in [5, 5.41) is 4.96. The van der Waals surface area contributed by atoms with Gasteiger partial charge in [0.2, 0.25) is 0 Å². The van der Waals surface area contributed by atoms with Crippen molar-refractivity contribution in [3.63, 3.8) is 0 Å². The van der Waals surface area contributed by atoms with Crippen LogP contribution in [0.3, 0.4) is 0 Å². The van der Waals surface area contributed by atoms with Crippen molar-refractivity contribution < 1.29 is 0 Å². The first-order valence-electron chi connectivity index (χ1n) is 17.2. The fraction of sp³-hybridized carbons (Fsp3) is 0. The summed E-state index contributed by atoms with van der Waals surface area (Å²) in [6.07, 6.45) is 1.94. The molecule has 0 atom stereocenters. The lowest BCUT2D eigenvalue weighted by Gasteiger charge is -2.12. The number of thiophene rings is 1. The Labute approximate surface area is 297 Å². The summed E-state index contributed by atoms with van der Waals surface area (Å²) >= 11 is 1.77. The van der Waals surface area contributed by atoms with Crippen molar-refractivity contribution in [1.29, 1.82) is 0 Å². The molecule has 4 nitrogen and oxygen atoms in total. The molecule has 238 valence electrons. The monoisotopic (exact) mass is 668 g/mol. The second kappa shape index (κ2) is 11.0. The van der Waals surface area contributed by atoms with Gasteiger partial charge in [-0.25, -0.2) is 4.98 Å². The maximum atomic E-state index is 5.33. The van der Waals surface area contributed by atoms with Gasteiger partial charge in [0.1, 0.15) is 11.0 Å². The van der Waals surface area contributed by atoms with E-state index in [1.54, 1.807) is 11.3 Å². The Kier molecular flexibility index (Phi) is 6.09. The van der Waals surface area contributed by atoms with Crippen molar-refractivity contribution >= 4 is 75.4 Å². The lowest BCUT2D eigenvalue weighted by atomic mass is 10.0. The number of fused-ring (bicyclic) bond motifs is 9. The van der Waals surface area contributed by atoms with Crippen molar-refractivity contribution in [2.45, 2.75) is 0 Å². The van der Waals surface area contributed by atoms with Gasteiger partial charge in [-0.3, -0.25) is 4.98 Å². The molecule has 0 radical (unpaired) electrons. The minimum absolute atomic E-state index is 0.937. The molecule has 11 rings (SSSR count). The van der Waals surface area contributed by atoms with E-state index >= 15 is 0 Å². The largest absolute Gasteiger partial charge is 0.309 e. The number of rotatable bonds is 4. The van der Waals surface area contributed by atoms with Gasteiger partial charge in [-0.05, 0) is 60.7 Å². The van der Waals surface area contributed by atoms with Crippen LogP contribution in [0.1, 0.15) is 0 Å². The SMILES string of the molecule is c1ccc(-n2c3ccccc3c3ccc(-c4ccc5sc6c(-c7cccc8c9ccccc9n(-c9ccccc9)c78)ccnc6c5n4)cc32)cc1. The molecule has 51 heavy (non-hydrogen) atoms. The van der Waals surface area contributed by atoms with Gasteiger partial charge in [0, 0.05) is 55.8 Å². The van der Waals surface area contributed by atoms with E-state index in [2.05, 4.69) is 173 Å². The van der Waals surface area contributed by atoms with E-state index in [1.807, 2.05) is 6.20 Å². The molecule has 0 aliphatic carbocycles. The van der Waals surface area contributed by atoms with Crippen molar-refractivity contribution in [1.82, 2.24) is 19.1 Å². The van der Waals surface area contributed by atoms with E-state index in [9.17, 15) is 0 Å². The van der Waals surface area contributed by atoms with Gasteiger partial charge in [-0.2, -0.15) is 0 Å². The van der Waals surface area contributed by atoms with E-state index in [4.69, 9.17) is 9.97 Å². The summed E-state index contributed by atoms with van der Waals surface area (Å²) in [7, 11) is 0. The number of nitrogens with zero attached hydrogens (tertiary/aromatic N) is 4. The molecule has 0 bridgehead atoms. The average Bonchev–Trinajstić information content (AvgIpc) is 3.86. The standard InChI is InChI=1S/C46H28N4S/c1-3-12-30(13-4-1)49-39-20-9-7-16-32(39)34-23-22-29(28-41(34)49)38-24-25-42-43(48-38)44-46(51-42)37(26-27-47-44)36-19-11-18-35-33-17-8-10-21-40(33)50(45(35)36)31-14-5-2-6-15-31/h1-28H. The molecule has 5 heterocycles. The molecule has 0 fully saturated rings. The molecule has 0 amide bonds. The van der Waals surface area contributed by atoms with Crippen LogP contribution in [0.2, 0.25) is 0 Å². The lowest BCUT2D eigenvalue weighted by molar-refractivity contribution is 1.18. The van der Waals surface area contributed by atoms with Crippen LogP contribution in [0.15, 0.2) is 170 Å². The van der Waals surface area contributed by atoms with Crippen molar-refractivity contribution in [2.75, 3.05) is 0 Å². The Morgan fingerprint density at radius 3 is 1.88 bits per heavy atom. The van der Waals surface area contributed by atoms with Gasteiger partial charge >= 0.3 is 0 Å². The summed E-state index contributed by atoms with van der Waals surface area (Å²) in [5.74, 6) is 0. The van der Waals surface area contributed by atoms with Crippen LogP contribution in [-0.2, 0) is 0 Å². The molecule has 0 saturated heterocycles. The fourth-order valence-electron chi connectivity index (χ4n) is 7.97. The summed E-state index contributed by atoms with van der Waals surface area (Å²) < 4.78 is 7.04. The van der Waals surface area contributed by atoms with Gasteiger partial charge in [0.15, 0.2) is 0 Å². The van der Waals surface area contributed by atoms with Crippen LogP contribution >= 0.6 is 11.3 Å². The van der Waals surface area contributed by atoms with Crippen molar-refractivity contribution in [3.05, 3.63) is 170 Å². The third-order valence-corrected chi connectivity index (χ3v) is 11.3. The highest BCUT2D eigenvalue weighted by atomic mass is 32.1. The lowest BCUT2D eigenvalue weighted by Crippen LogP contribution is -1.95. The number of benzene rings is 6. The van der Waals surface area contributed by atoms with E-state index < -0.39 is 0 Å². The second-order valence-electron chi connectivity index (χ2n) is 13.0. The topological polar surface area (TPSA) is 35.6 Å².